The number of benzene rings is 1. The molecule has 0 unspecified atom stereocenters. The normalized spacial score (nSPS) is 11.4. The molecule has 1 aromatic carbocycles. The molecule has 2 aromatic rings. The Kier molecular flexibility index (Phi) is 3.66. The monoisotopic (exact) mass is 240 g/mol. The van der Waals surface area contributed by atoms with Gasteiger partial charge in [-0.3, -0.25) is 4.68 Å². The van der Waals surface area contributed by atoms with E-state index < -0.39 is 0 Å². The van der Waals surface area contributed by atoms with E-state index in [1.807, 2.05) is 23.0 Å². The molecule has 0 radical (unpaired) electrons. The number of allylic oxidation sites excluding steroid dienone is 1. The maximum absolute atomic E-state index is 4.61. The van der Waals surface area contributed by atoms with E-state index in [0.29, 0.717) is 0 Å². The van der Waals surface area contributed by atoms with Gasteiger partial charge < -0.3 is 0 Å². The van der Waals surface area contributed by atoms with Gasteiger partial charge in [0.1, 0.15) is 0 Å². The molecular weight excluding hydrogens is 220 g/mol. The summed E-state index contributed by atoms with van der Waals surface area (Å²) in [6, 6.07) is 12.5. The standard InChI is InChI=1S/C16H20N2/c1-4-16(2,3)12-15-10-11-18(17-15)13-14-8-6-5-7-9-14/h4-11H,1,12-13H2,2-3H3. The zero-order valence-electron chi connectivity index (χ0n) is 11.1. The minimum Gasteiger partial charge on any atom is -0.268 e. The van der Waals surface area contributed by atoms with Crippen molar-refractivity contribution in [2.24, 2.45) is 5.41 Å². The van der Waals surface area contributed by atoms with Crippen LogP contribution in [-0.4, -0.2) is 9.78 Å². The van der Waals surface area contributed by atoms with Crippen LogP contribution in [0.4, 0.5) is 0 Å². The average molecular weight is 240 g/mol. The third-order valence-corrected chi connectivity index (χ3v) is 3.07. The van der Waals surface area contributed by atoms with Crippen molar-refractivity contribution in [3.63, 3.8) is 0 Å². The zero-order valence-corrected chi connectivity index (χ0v) is 11.1. The Morgan fingerprint density at radius 1 is 1.22 bits per heavy atom. The van der Waals surface area contributed by atoms with E-state index in [1.165, 1.54) is 5.56 Å². The lowest BCUT2D eigenvalue weighted by Crippen LogP contribution is -2.12. The van der Waals surface area contributed by atoms with Crippen LogP contribution in [0.25, 0.3) is 0 Å². The Morgan fingerprint density at radius 2 is 1.94 bits per heavy atom. The number of hydrogen-bond acceptors (Lipinski definition) is 1. The highest BCUT2D eigenvalue weighted by atomic mass is 15.3. The highest BCUT2D eigenvalue weighted by Crippen LogP contribution is 2.21. The maximum atomic E-state index is 4.61. The van der Waals surface area contributed by atoms with E-state index in [1.54, 1.807) is 0 Å². The minimum atomic E-state index is 0.103. The quantitative estimate of drug-likeness (QED) is 0.729. The second kappa shape index (κ2) is 5.21. The molecule has 0 spiro atoms. The Bertz CT molecular complexity index is 509. The lowest BCUT2D eigenvalue weighted by Gasteiger charge is -2.17. The molecule has 0 atom stereocenters. The highest BCUT2D eigenvalue weighted by Gasteiger charge is 2.15. The SMILES string of the molecule is C=CC(C)(C)Cc1ccn(Cc2ccccc2)n1. The van der Waals surface area contributed by atoms with Gasteiger partial charge in [0.15, 0.2) is 0 Å². The predicted octanol–water partition coefficient (Wildman–Crippen LogP) is 3.69. The van der Waals surface area contributed by atoms with Crippen molar-refractivity contribution in [3.05, 3.63) is 66.5 Å². The van der Waals surface area contributed by atoms with E-state index in [2.05, 4.69) is 55.9 Å². The van der Waals surface area contributed by atoms with E-state index in [4.69, 9.17) is 0 Å². The van der Waals surface area contributed by atoms with Crippen LogP contribution < -0.4 is 0 Å². The number of nitrogens with zero attached hydrogens (tertiary/aromatic N) is 2. The van der Waals surface area contributed by atoms with Gasteiger partial charge in [0, 0.05) is 12.6 Å². The summed E-state index contributed by atoms with van der Waals surface area (Å²) in [7, 11) is 0. The van der Waals surface area contributed by atoms with Crippen LogP contribution in [0.1, 0.15) is 25.1 Å². The van der Waals surface area contributed by atoms with Crippen LogP contribution >= 0.6 is 0 Å². The van der Waals surface area contributed by atoms with Gasteiger partial charge in [-0.2, -0.15) is 5.10 Å². The third-order valence-electron chi connectivity index (χ3n) is 3.07. The Balaban J connectivity index is 2.05. The molecule has 1 heterocycles. The van der Waals surface area contributed by atoms with Crippen LogP contribution in [0.3, 0.4) is 0 Å². The first-order valence-electron chi connectivity index (χ1n) is 6.29. The summed E-state index contributed by atoms with van der Waals surface area (Å²) in [5.41, 5.74) is 2.50. The molecule has 0 N–H and O–H groups in total. The Hall–Kier alpha value is -1.83. The van der Waals surface area contributed by atoms with Gasteiger partial charge in [-0.15, -0.1) is 6.58 Å². The molecule has 0 saturated carbocycles. The van der Waals surface area contributed by atoms with Gasteiger partial charge >= 0.3 is 0 Å². The molecule has 2 heteroatoms. The topological polar surface area (TPSA) is 17.8 Å². The lowest BCUT2D eigenvalue weighted by atomic mass is 9.88. The molecule has 0 aliphatic rings. The van der Waals surface area contributed by atoms with Gasteiger partial charge in [-0.1, -0.05) is 50.3 Å². The van der Waals surface area contributed by atoms with Gasteiger partial charge in [0.25, 0.3) is 0 Å². The molecule has 0 bridgehead atoms. The van der Waals surface area contributed by atoms with E-state index >= 15 is 0 Å². The summed E-state index contributed by atoms with van der Waals surface area (Å²) < 4.78 is 1.99. The summed E-state index contributed by atoms with van der Waals surface area (Å²) in [4.78, 5) is 0. The van der Waals surface area contributed by atoms with Crippen LogP contribution in [0.5, 0.6) is 0 Å². The molecule has 0 fully saturated rings. The summed E-state index contributed by atoms with van der Waals surface area (Å²) in [6.45, 7) is 9.05. The second-order valence-corrected chi connectivity index (χ2v) is 5.36. The first-order chi connectivity index (χ1) is 8.59. The van der Waals surface area contributed by atoms with Crippen molar-refractivity contribution < 1.29 is 0 Å². The number of rotatable bonds is 5. The Labute approximate surface area is 109 Å². The summed E-state index contributed by atoms with van der Waals surface area (Å²) in [6.07, 6.45) is 4.96. The molecule has 0 saturated heterocycles. The van der Waals surface area contributed by atoms with Gasteiger partial charge in [0.05, 0.1) is 12.2 Å². The van der Waals surface area contributed by atoms with Gasteiger partial charge in [0.2, 0.25) is 0 Å². The average Bonchev–Trinajstić information content (AvgIpc) is 2.77. The molecule has 1 aromatic heterocycles. The predicted molar refractivity (Wildman–Crippen MR) is 75.5 cm³/mol. The highest BCUT2D eigenvalue weighted by molar-refractivity contribution is 5.15. The van der Waals surface area contributed by atoms with Crippen molar-refractivity contribution in [2.45, 2.75) is 26.8 Å². The summed E-state index contributed by atoms with van der Waals surface area (Å²) in [5, 5.41) is 4.61. The van der Waals surface area contributed by atoms with Crippen LogP contribution in [0, 0.1) is 5.41 Å². The second-order valence-electron chi connectivity index (χ2n) is 5.36. The van der Waals surface area contributed by atoms with Crippen LogP contribution in [-0.2, 0) is 13.0 Å². The summed E-state index contributed by atoms with van der Waals surface area (Å²) in [5.74, 6) is 0. The smallest absolute Gasteiger partial charge is 0.0659 e. The van der Waals surface area contributed by atoms with Gasteiger partial charge in [-0.25, -0.2) is 0 Å². The van der Waals surface area contributed by atoms with E-state index in [9.17, 15) is 0 Å². The fraction of sp³-hybridized carbons (Fsp3) is 0.312. The fourth-order valence-electron chi connectivity index (χ4n) is 1.90. The van der Waals surface area contributed by atoms with E-state index in [-0.39, 0.29) is 5.41 Å². The van der Waals surface area contributed by atoms with Crippen molar-refractivity contribution >= 4 is 0 Å². The van der Waals surface area contributed by atoms with Crippen molar-refractivity contribution in [2.75, 3.05) is 0 Å². The number of hydrogen-bond donors (Lipinski definition) is 0. The molecule has 0 aliphatic heterocycles. The van der Waals surface area contributed by atoms with Gasteiger partial charge in [-0.05, 0) is 17.0 Å². The molecule has 0 aliphatic carbocycles. The lowest BCUT2D eigenvalue weighted by molar-refractivity contribution is 0.468. The number of aromatic nitrogens is 2. The van der Waals surface area contributed by atoms with Crippen molar-refractivity contribution in [1.82, 2.24) is 9.78 Å². The van der Waals surface area contributed by atoms with Crippen molar-refractivity contribution in [3.8, 4) is 0 Å². The molecule has 2 rings (SSSR count). The molecule has 18 heavy (non-hydrogen) atoms. The zero-order chi connectivity index (χ0) is 13.0. The molecule has 94 valence electrons. The van der Waals surface area contributed by atoms with Crippen LogP contribution in [0.2, 0.25) is 0 Å². The summed E-state index contributed by atoms with van der Waals surface area (Å²) >= 11 is 0. The Morgan fingerprint density at radius 3 is 2.61 bits per heavy atom. The van der Waals surface area contributed by atoms with Crippen LogP contribution in [0.15, 0.2) is 55.3 Å². The molecule has 2 nitrogen and oxygen atoms in total. The molecule has 0 amide bonds. The maximum Gasteiger partial charge on any atom is 0.0659 e. The fourth-order valence-corrected chi connectivity index (χ4v) is 1.90. The minimum absolute atomic E-state index is 0.103. The molecular formula is C16H20N2. The first kappa shape index (κ1) is 12.6. The van der Waals surface area contributed by atoms with Crippen molar-refractivity contribution in [1.29, 1.82) is 0 Å². The third kappa shape index (κ3) is 3.33. The van der Waals surface area contributed by atoms with E-state index in [0.717, 1.165) is 18.7 Å². The largest absolute Gasteiger partial charge is 0.268 e. The first-order valence-corrected chi connectivity index (χ1v) is 6.29.